The van der Waals surface area contributed by atoms with Gasteiger partial charge in [-0.05, 0) is 38.8 Å². The van der Waals surface area contributed by atoms with E-state index >= 15 is 0 Å². The van der Waals surface area contributed by atoms with E-state index in [1.54, 1.807) is 4.90 Å². The molecule has 0 saturated heterocycles. The van der Waals surface area contributed by atoms with E-state index in [0.29, 0.717) is 13.1 Å². The number of likely N-dealkylation sites (N-methyl/N-ethyl adjacent to an activating group) is 2. The maximum Gasteiger partial charge on any atom is 0.236 e. The smallest absolute Gasteiger partial charge is 0.236 e. The number of hydrogen-bond acceptors (Lipinski definition) is 3. The Morgan fingerprint density at radius 3 is 2.60 bits per heavy atom. The van der Waals surface area contributed by atoms with Crippen LogP contribution in [0.15, 0.2) is 0 Å². The molecule has 2 N–H and O–H groups in total. The zero-order chi connectivity index (χ0) is 11.3. The van der Waals surface area contributed by atoms with Crippen molar-refractivity contribution >= 4 is 5.91 Å². The van der Waals surface area contributed by atoms with Crippen molar-refractivity contribution in [1.82, 2.24) is 9.80 Å². The molecule has 88 valence electrons. The van der Waals surface area contributed by atoms with Crippen molar-refractivity contribution < 1.29 is 4.79 Å². The molecule has 1 fully saturated rings. The largest absolute Gasteiger partial charge is 0.345 e. The van der Waals surface area contributed by atoms with Gasteiger partial charge >= 0.3 is 0 Å². The van der Waals surface area contributed by atoms with Gasteiger partial charge in [-0.3, -0.25) is 9.69 Å². The topological polar surface area (TPSA) is 49.6 Å². The summed E-state index contributed by atoms with van der Waals surface area (Å²) in [6, 6.07) is 0. The molecule has 0 radical (unpaired) electrons. The van der Waals surface area contributed by atoms with Crippen molar-refractivity contribution in [2.24, 2.45) is 11.7 Å². The first-order valence-corrected chi connectivity index (χ1v) is 5.76. The molecule has 0 aromatic rings. The Labute approximate surface area is 92.4 Å². The van der Waals surface area contributed by atoms with Crippen molar-refractivity contribution in [3.8, 4) is 0 Å². The summed E-state index contributed by atoms with van der Waals surface area (Å²) in [6.07, 6.45) is 3.55. The third-order valence-corrected chi connectivity index (χ3v) is 2.80. The van der Waals surface area contributed by atoms with Gasteiger partial charge in [-0.25, -0.2) is 0 Å². The minimum absolute atomic E-state index is 0.201. The second-order valence-electron chi connectivity index (χ2n) is 4.60. The maximum absolute atomic E-state index is 11.7. The summed E-state index contributed by atoms with van der Waals surface area (Å²) >= 11 is 0. The van der Waals surface area contributed by atoms with Crippen LogP contribution in [0.25, 0.3) is 0 Å². The van der Waals surface area contributed by atoms with Crippen LogP contribution in [-0.2, 0) is 4.79 Å². The van der Waals surface area contributed by atoms with Crippen LogP contribution in [0.4, 0.5) is 0 Å². The normalized spacial score (nSPS) is 15.7. The third kappa shape index (κ3) is 5.14. The fourth-order valence-electron chi connectivity index (χ4n) is 1.61. The Balaban J connectivity index is 2.14. The first kappa shape index (κ1) is 12.5. The molecule has 0 aromatic heterocycles. The molecule has 0 aromatic carbocycles. The van der Waals surface area contributed by atoms with Crippen molar-refractivity contribution in [2.75, 3.05) is 40.3 Å². The van der Waals surface area contributed by atoms with E-state index in [9.17, 15) is 4.79 Å². The fraction of sp³-hybridized carbons (Fsp3) is 0.909. The monoisotopic (exact) mass is 213 g/mol. The van der Waals surface area contributed by atoms with E-state index in [1.807, 2.05) is 14.1 Å². The molecular weight excluding hydrogens is 190 g/mol. The zero-order valence-electron chi connectivity index (χ0n) is 9.91. The number of rotatable bonds is 7. The molecule has 0 spiro atoms. The summed E-state index contributed by atoms with van der Waals surface area (Å²) in [5, 5.41) is 0. The molecule has 4 nitrogen and oxygen atoms in total. The zero-order valence-corrected chi connectivity index (χ0v) is 9.91. The van der Waals surface area contributed by atoms with E-state index in [2.05, 4.69) is 4.90 Å². The Morgan fingerprint density at radius 1 is 1.40 bits per heavy atom. The quantitative estimate of drug-likeness (QED) is 0.654. The molecule has 4 heteroatoms. The molecule has 0 unspecified atom stereocenters. The van der Waals surface area contributed by atoms with Gasteiger partial charge < -0.3 is 10.6 Å². The minimum Gasteiger partial charge on any atom is -0.345 e. The molecule has 0 bridgehead atoms. The lowest BCUT2D eigenvalue weighted by atomic mass is 10.3. The fourth-order valence-corrected chi connectivity index (χ4v) is 1.61. The summed E-state index contributed by atoms with van der Waals surface area (Å²) in [4.78, 5) is 15.6. The van der Waals surface area contributed by atoms with Crippen LogP contribution < -0.4 is 5.73 Å². The Bertz CT molecular complexity index is 204. The standard InChI is InChI=1S/C11H23N3O/c1-13(8-10-4-5-10)9-11(15)14(2)7-3-6-12/h10H,3-9,12H2,1-2H3. The maximum atomic E-state index is 11.7. The van der Waals surface area contributed by atoms with E-state index < -0.39 is 0 Å². The average molecular weight is 213 g/mol. The molecule has 1 amide bonds. The van der Waals surface area contributed by atoms with Crippen molar-refractivity contribution in [3.05, 3.63) is 0 Å². The summed E-state index contributed by atoms with van der Waals surface area (Å²) in [5.41, 5.74) is 5.40. The second kappa shape index (κ2) is 6.08. The van der Waals surface area contributed by atoms with Crippen LogP contribution >= 0.6 is 0 Å². The number of carbonyl (C=O) groups is 1. The SMILES string of the molecule is CN(CC(=O)N(C)CCCN)CC1CC1. The van der Waals surface area contributed by atoms with Crippen molar-refractivity contribution in [3.63, 3.8) is 0 Å². The number of nitrogens with two attached hydrogens (primary N) is 1. The molecule has 1 aliphatic carbocycles. The number of carbonyl (C=O) groups excluding carboxylic acids is 1. The van der Waals surface area contributed by atoms with Crippen LogP contribution in [0.3, 0.4) is 0 Å². The lowest BCUT2D eigenvalue weighted by Crippen LogP contribution is -2.38. The molecular formula is C11H23N3O. The summed E-state index contributed by atoms with van der Waals surface area (Å²) in [6.45, 7) is 3.02. The van der Waals surface area contributed by atoms with Crippen molar-refractivity contribution in [2.45, 2.75) is 19.3 Å². The van der Waals surface area contributed by atoms with Crippen LogP contribution in [0.2, 0.25) is 0 Å². The molecule has 15 heavy (non-hydrogen) atoms. The average Bonchev–Trinajstić information content (AvgIpc) is 2.97. The Hall–Kier alpha value is -0.610. The molecule has 1 aliphatic rings. The van der Waals surface area contributed by atoms with Crippen LogP contribution in [0, 0.1) is 5.92 Å². The van der Waals surface area contributed by atoms with Gasteiger partial charge in [-0.15, -0.1) is 0 Å². The van der Waals surface area contributed by atoms with Crippen LogP contribution in [0.1, 0.15) is 19.3 Å². The van der Waals surface area contributed by atoms with Gasteiger partial charge in [-0.2, -0.15) is 0 Å². The van der Waals surface area contributed by atoms with E-state index in [1.165, 1.54) is 12.8 Å². The van der Waals surface area contributed by atoms with Gasteiger partial charge in [0.2, 0.25) is 5.91 Å². The third-order valence-electron chi connectivity index (χ3n) is 2.80. The molecule has 1 saturated carbocycles. The first-order valence-electron chi connectivity index (χ1n) is 5.76. The van der Waals surface area contributed by atoms with Crippen molar-refractivity contribution in [1.29, 1.82) is 0 Å². The van der Waals surface area contributed by atoms with Gasteiger partial charge in [0, 0.05) is 20.1 Å². The molecule has 1 rings (SSSR count). The highest BCUT2D eigenvalue weighted by Crippen LogP contribution is 2.29. The van der Waals surface area contributed by atoms with Gasteiger partial charge in [0.1, 0.15) is 0 Å². The Kier molecular flexibility index (Phi) is 5.05. The van der Waals surface area contributed by atoms with E-state index in [4.69, 9.17) is 5.73 Å². The van der Waals surface area contributed by atoms with Gasteiger partial charge in [0.15, 0.2) is 0 Å². The lowest BCUT2D eigenvalue weighted by molar-refractivity contribution is -0.130. The molecule has 0 atom stereocenters. The number of hydrogen-bond donors (Lipinski definition) is 1. The first-order chi connectivity index (χ1) is 7.13. The highest BCUT2D eigenvalue weighted by Gasteiger charge is 2.23. The lowest BCUT2D eigenvalue weighted by Gasteiger charge is -2.21. The summed E-state index contributed by atoms with van der Waals surface area (Å²) < 4.78 is 0. The van der Waals surface area contributed by atoms with Gasteiger partial charge in [-0.1, -0.05) is 0 Å². The van der Waals surface area contributed by atoms with Crippen LogP contribution in [0.5, 0.6) is 0 Å². The summed E-state index contributed by atoms with van der Waals surface area (Å²) in [5.74, 6) is 1.05. The highest BCUT2D eigenvalue weighted by molar-refractivity contribution is 5.77. The predicted octanol–water partition coefficient (Wildman–Crippen LogP) is 0.135. The molecule has 0 heterocycles. The number of amides is 1. The molecule has 0 aliphatic heterocycles. The number of nitrogens with zero attached hydrogens (tertiary/aromatic N) is 2. The second-order valence-corrected chi connectivity index (χ2v) is 4.60. The highest BCUT2D eigenvalue weighted by atomic mass is 16.2. The Morgan fingerprint density at radius 2 is 2.07 bits per heavy atom. The van der Waals surface area contributed by atoms with E-state index in [0.717, 1.165) is 25.4 Å². The minimum atomic E-state index is 0.201. The van der Waals surface area contributed by atoms with E-state index in [-0.39, 0.29) is 5.91 Å². The summed E-state index contributed by atoms with van der Waals surface area (Å²) in [7, 11) is 3.87. The predicted molar refractivity (Wildman–Crippen MR) is 61.5 cm³/mol. The van der Waals surface area contributed by atoms with Gasteiger partial charge in [0.05, 0.1) is 6.54 Å². The van der Waals surface area contributed by atoms with Crippen LogP contribution in [-0.4, -0.2) is 56.0 Å². The van der Waals surface area contributed by atoms with Gasteiger partial charge in [0.25, 0.3) is 0 Å².